The highest BCUT2D eigenvalue weighted by molar-refractivity contribution is 5.44. The van der Waals surface area contributed by atoms with Gasteiger partial charge in [-0.15, -0.1) is 0 Å². The van der Waals surface area contributed by atoms with Gasteiger partial charge in [0.25, 0.3) is 0 Å². The van der Waals surface area contributed by atoms with Crippen molar-refractivity contribution in [2.45, 2.75) is 32.8 Å². The van der Waals surface area contributed by atoms with Gasteiger partial charge in [-0.3, -0.25) is 0 Å². The number of halogens is 1. The molecule has 0 saturated heterocycles. The molecule has 18 heavy (non-hydrogen) atoms. The number of hydrogen-bond donors (Lipinski definition) is 1. The van der Waals surface area contributed by atoms with Crippen molar-refractivity contribution in [1.29, 1.82) is 0 Å². The number of aromatic nitrogens is 2. The number of nitrogens with zero attached hydrogens (tertiary/aromatic N) is 2. The highest BCUT2D eigenvalue weighted by Crippen LogP contribution is 2.25. The van der Waals surface area contributed by atoms with Gasteiger partial charge in [-0.05, 0) is 19.4 Å². The molecule has 0 amide bonds. The van der Waals surface area contributed by atoms with Crippen molar-refractivity contribution in [3.05, 3.63) is 47.8 Å². The van der Waals surface area contributed by atoms with E-state index in [9.17, 15) is 9.50 Å². The van der Waals surface area contributed by atoms with Gasteiger partial charge in [-0.1, -0.05) is 19.1 Å². The average Bonchev–Trinajstić information content (AvgIpc) is 2.77. The Hall–Kier alpha value is -1.68. The van der Waals surface area contributed by atoms with Crippen LogP contribution in [0.3, 0.4) is 0 Å². The van der Waals surface area contributed by atoms with Gasteiger partial charge in [-0.2, -0.15) is 0 Å². The molecule has 1 aromatic carbocycles. The molecular weight excluding hydrogens is 231 g/mol. The molecule has 0 aliphatic carbocycles. The molecule has 0 aliphatic heterocycles. The molecule has 0 bridgehead atoms. The first-order valence-corrected chi connectivity index (χ1v) is 6.14. The predicted octanol–water partition coefficient (Wildman–Crippen LogP) is 3.02. The molecule has 0 spiro atoms. The zero-order valence-corrected chi connectivity index (χ0v) is 10.6. The van der Waals surface area contributed by atoms with Crippen LogP contribution in [0.1, 0.15) is 37.8 Å². The number of aliphatic hydroxyl groups excluding tert-OH is 1. The van der Waals surface area contributed by atoms with E-state index in [1.54, 1.807) is 36.0 Å². The van der Waals surface area contributed by atoms with E-state index < -0.39 is 6.10 Å². The van der Waals surface area contributed by atoms with Crippen LogP contribution in [0.25, 0.3) is 5.69 Å². The van der Waals surface area contributed by atoms with Crippen molar-refractivity contribution >= 4 is 0 Å². The molecule has 2 rings (SSSR count). The molecule has 0 fully saturated rings. The van der Waals surface area contributed by atoms with Gasteiger partial charge >= 0.3 is 0 Å². The number of benzene rings is 1. The molecule has 1 N–H and O–H groups in total. The molecule has 0 aliphatic rings. The van der Waals surface area contributed by atoms with Crippen LogP contribution < -0.4 is 0 Å². The van der Waals surface area contributed by atoms with E-state index in [-0.39, 0.29) is 5.82 Å². The van der Waals surface area contributed by atoms with Crippen LogP contribution in [0.4, 0.5) is 4.39 Å². The zero-order valence-electron chi connectivity index (χ0n) is 10.6. The van der Waals surface area contributed by atoms with Crippen molar-refractivity contribution in [2.75, 3.05) is 0 Å². The minimum atomic E-state index is -0.715. The van der Waals surface area contributed by atoms with Crippen molar-refractivity contribution in [1.82, 2.24) is 9.55 Å². The number of aliphatic hydroxyl groups is 1. The van der Waals surface area contributed by atoms with E-state index in [2.05, 4.69) is 11.9 Å². The fourth-order valence-electron chi connectivity index (χ4n) is 2.07. The van der Waals surface area contributed by atoms with E-state index >= 15 is 0 Å². The van der Waals surface area contributed by atoms with Crippen LogP contribution in [0.2, 0.25) is 0 Å². The molecule has 4 heteroatoms. The van der Waals surface area contributed by atoms with E-state index in [1.165, 1.54) is 6.07 Å². The van der Waals surface area contributed by atoms with Crippen LogP contribution in [0, 0.1) is 5.82 Å². The molecule has 0 unspecified atom stereocenters. The Morgan fingerprint density at radius 3 is 2.89 bits per heavy atom. The molecule has 0 saturated carbocycles. The van der Waals surface area contributed by atoms with Gasteiger partial charge in [0.05, 0.1) is 11.8 Å². The highest BCUT2D eigenvalue weighted by atomic mass is 19.1. The summed E-state index contributed by atoms with van der Waals surface area (Å²) in [7, 11) is 0. The second-order valence-corrected chi connectivity index (χ2v) is 4.32. The minimum absolute atomic E-state index is 0.344. The molecule has 1 atom stereocenters. The summed E-state index contributed by atoms with van der Waals surface area (Å²) in [6.07, 6.45) is 4.39. The highest BCUT2D eigenvalue weighted by Gasteiger charge is 2.16. The minimum Gasteiger partial charge on any atom is -0.389 e. The van der Waals surface area contributed by atoms with Gasteiger partial charge in [0.1, 0.15) is 11.6 Å². The Labute approximate surface area is 106 Å². The Morgan fingerprint density at radius 1 is 1.44 bits per heavy atom. The Balaban J connectivity index is 2.59. The van der Waals surface area contributed by atoms with Gasteiger partial charge < -0.3 is 9.67 Å². The summed E-state index contributed by atoms with van der Waals surface area (Å²) in [6.45, 7) is 3.69. The lowest BCUT2D eigenvalue weighted by Crippen LogP contribution is -2.08. The fraction of sp³-hybridized carbons (Fsp3) is 0.357. The predicted molar refractivity (Wildman–Crippen MR) is 68.2 cm³/mol. The van der Waals surface area contributed by atoms with Crippen LogP contribution in [0.15, 0.2) is 30.6 Å². The van der Waals surface area contributed by atoms with E-state index in [1.807, 2.05) is 0 Å². The topological polar surface area (TPSA) is 38.0 Å². The van der Waals surface area contributed by atoms with Crippen LogP contribution in [0.5, 0.6) is 0 Å². The lowest BCUT2D eigenvalue weighted by Gasteiger charge is -2.15. The second-order valence-electron chi connectivity index (χ2n) is 4.32. The van der Waals surface area contributed by atoms with E-state index in [4.69, 9.17) is 0 Å². The maximum atomic E-state index is 14.0. The third kappa shape index (κ3) is 2.29. The number of aryl methyl sites for hydroxylation is 1. The summed E-state index contributed by atoms with van der Waals surface area (Å²) < 4.78 is 15.8. The van der Waals surface area contributed by atoms with Crippen molar-refractivity contribution in [2.24, 2.45) is 0 Å². The maximum Gasteiger partial charge on any atom is 0.147 e. The first kappa shape index (κ1) is 12.8. The number of hydrogen-bond acceptors (Lipinski definition) is 2. The summed E-state index contributed by atoms with van der Waals surface area (Å²) >= 11 is 0. The normalized spacial score (nSPS) is 12.7. The van der Waals surface area contributed by atoms with Gasteiger partial charge in [-0.25, -0.2) is 9.37 Å². The first-order chi connectivity index (χ1) is 8.65. The third-order valence-electron chi connectivity index (χ3n) is 2.90. The molecule has 1 aromatic heterocycles. The Kier molecular flexibility index (Phi) is 3.77. The summed E-state index contributed by atoms with van der Waals surface area (Å²) in [5.74, 6) is 0.466. The van der Waals surface area contributed by atoms with Crippen molar-refractivity contribution < 1.29 is 9.50 Å². The largest absolute Gasteiger partial charge is 0.389 e. The van der Waals surface area contributed by atoms with Gasteiger partial charge in [0.2, 0.25) is 0 Å². The van der Waals surface area contributed by atoms with Crippen LogP contribution >= 0.6 is 0 Å². The summed E-state index contributed by atoms with van der Waals surface area (Å²) in [6, 6.07) is 4.74. The monoisotopic (exact) mass is 248 g/mol. The standard InChI is InChI=1S/C14H17FN2O/c1-3-5-13-16-8-9-17(13)14-11(10(2)18)6-4-7-12(14)15/h4,6-10,18H,3,5H2,1-2H3/t10-/m0/s1. The number of para-hydroxylation sites is 1. The van der Waals surface area contributed by atoms with Crippen molar-refractivity contribution in [3.8, 4) is 5.69 Å². The second kappa shape index (κ2) is 5.31. The van der Waals surface area contributed by atoms with Gasteiger partial charge in [0.15, 0.2) is 0 Å². The summed E-state index contributed by atoms with van der Waals surface area (Å²) in [5, 5.41) is 9.75. The lowest BCUT2D eigenvalue weighted by molar-refractivity contribution is 0.198. The molecular formula is C14H17FN2O. The zero-order chi connectivity index (χ0) is 13.1. The first-order valence-electron chi connectivity index (χ1n) is 6.14. The van der Waals surface area contributed by atoms with Gasteiger partial charge in [0, 0.05) is 24.4 Å². The molecule has 2 aromatic rings. The molecule has 1 heterocycles. The fourth-order valence-corrected chi connectivity index (χ4v) is 2.07. The lowest BCUT2D eigenvalue weighted by atomic mass is 10.1. The molecule has 3 nitrogen and oxygen atoms in total. The number of rotatable bonds is 4. The average molecular weight is 248 g/mol. The smallest absolute Gasteiger partial charge is 0.147 e. The van der Waals surface area contributed by atoms with Crippen LogP contribution in [-0.4, -0.2) is 14.7 Å². The third-order valence-corrected chi connectivity index (χ3v) is 2.90. The number of imidazole rings is 1. The van der Waals surface area contributed by atoms with E-state index in [0.29, 0.717) is 11.3 Å². The Bertz CT molecular complexity index is 534. The van der Waals surface area contributed by atoms with Crippen molar-refractivity contribution in [3.63, 3.8) is 0 Å². The van der Waals surface area contributed by atoms with E-state index in [0.717, 1.165) is 18.7 Å². The Morgan fingerprint density at radius 2 is 2.22 bits per heavy atom. The quantitative estimate of drug-likeness (QED) is 0.903. The summed E-state index contributed by atoms with van der Waals surface area (Å²) in [4.78, 5) is 4.24. The molecule has 0 radical (unpaired) electrons. The van der Waals surface area contributed by atoms with Crippen LogP contribution in [-0.2, 0) is 6.42 Å². The molecule has 96 valence electrons. The summed E-state index contributed by atoms with van der Waals surface area (Å²) in [5.41, 5.74) is 0.971. The maximum absolute atomic E-state index is 14.0. The SMILES string of the molecule is CCCc1nccn1-c1c(F)cccc1[C@H](C)O.